The number of hydrogen-bond donors (Lipinski definition) is 0. The van der Waals surface area contributed by atoms with Gasteiger partial charge in [0, 0.05) is 26.8 Å². The van der Waals surface area contributed by atoms with Gasteiger partial charge in [-0.1, -0.05) is 13.3 Å². The molecule has 0 aliphatic heterocycles. The zero-order chi connectivity index (χ0) is 14.3. The lowest BCUT2D eigenvalue weighted by molar-refractivity contribution is 0.170. The monoisotopic (exact) mass is 265 g/mol. The summed E-state index contributed by atoms with van der Waals surface area (Å²) in [6.07, 6.45) is 3.65. The van der Waals surface area contributed by atoms with E-state index in [1.165, 1.54) is 4.90 Å². The number of carbonyl (C=O) groups excluding carboxylic acids is 1. The molecule has 19 heavy (non-hydrogen) atoms. The van der Waals surface area contributed by atoms with Crippen molar-refractivity contribution in [2.45, 2.75) is 26.3 Å². The number of hydrogen-bond acceptors (Lipinski definition) is 4. The Kier molecular flexibility index (Phi) is 6.29. The summed E-state index contributed by atoms with van der Waals surface area (Å²) in [5.74, 6) is 0.532. The topological polar surface area (TPSA) is 45.7 Å². The lowest BCUT2D eigenvalue weighted by atomic mass is 10.3. The predicted octanol–water partition coefficient (Wildman–Crippen LogP) is 2.37. The molecule has 0 saturated carbocycles. The van der Waals surface area contributed by atoms with Crippen LogP contribution in [-0.2, 0) is 6.54 Å². The molecule has 0 bridgehead atoms. The van der Waals surface area contributed by atoms with E-state index < -0.39 is 0 Å². The predicted molar refractivity (Wildman–Crippen MR) is 75.2 cm³/mol. The smallest absolute Gasteiger partial charge is 0.408 e. The van der Waals surface area contributed by atoms with Gasteiger partial charge in [-0.3, -0.25) is 4.98 Å². The minimum Gasteiger partial charge on any atom is -0.408 e. The number of amides is 1. The lowest BCUT2D eigenvalue weighted by Gasteiger charge is -2.18. The Balaban J connectivity index is 2.70. The van der Waals surface area contributed by atoms with Crippen LogP contribution < -0.4 is 4.74 Å². The molecule has 5 heteroatoms. The highest BCUT2D eigenvalue weighted by Gasteiger charge is 2.12. The Morgan fingerprint density at radius 1 is 1.37 bits per heavy atom. The maximum atomic E-state index is 11.6. The van der Waals surface area contributed by atoms with Crippen molar-refractivity contribution in [3.05, 3.63) is 24.0 Å². The molecule has 0 aliphatic carbocycles. The van der Waals surface area contributed by atoms with Gasteiger partial charge in [0.05, 0.1) is 5.69 Å². The van der Waals surface area contributed by atoms with Crippen molar-refractivity contribution < 1.29 is 9.53 Å². The van der Waals surface area contributed by atoms with Crippen molar-refractivity contribution in [3.8, 4) is 5.75 Å². The van der Waals surface area contributed by atoms with Crippen LogP contribution in [0.4, 0.5) is 4.79 Å². The summed E-state index contributed by atoms with van der Waals surface area (Å²) in [5.41, 5.74) is 0.788. The summed E-state index contributed by atoms with van der Waals surface area (Å²) in [6.45, 7) is 3.85. The standard InChI is InChI=1S/C14H23N3O2/c1-5-6-10-17(4)11-12-13(8-7-9-15-12)19-14(18)16(2)3/h7-9H,5-6,10-11H2,1-4H3. The number of ether oxygens (including phenoxy) is 1. The first kappa shape index (κ1) is 15.4. The van der Waals surface area contributed by atoms with Gasteiger partial charge < -0.3 is 14.5 Å². The molecule has 0 aliphatic rings. The molecule has 1 rings (SSSR count). The van der Waals surface area contributed by atoms with Gasteiger partial charge in [-0.25, -0.2) is 4.79 Å². The van der Waals surface area contributed by atoms with E-state index in [1.54, 1.807) is 32.4 Å². The van der Waals surface area contributed by atoms with Crippen LogP contribution in [0, 0.1) is 0 Å². The minimum absolute atomic E-state index is 0.384. The van der Waals surface area contributed by atoms with E-state index in [9.17, 15) is 4.79 Å². The number of aromatic nitrogens is 1. The third kappa shape index (κ3) is 5.26. The molecule has 0 atom stereocenters. The molecule has 1 heterocycles. The maximum absolute atomic E-state index is 11.6. The average Bonchev–Trinajstić information content (AvgIpc) is 2.38. The SMILES string of the molecule is CCCCN(C)Cc1ncccc1OC(=O)N(C)C. The molecule has 0 unspecified atom stereocenters. The highest BCUT2D eigenvalue weighted by molar-refractivity contribution is 5.70. The number of unbranched alkanes of at least 4 members (excludes halogenated alkanes) is 1. The van der Waals surface area contributed by atoms with Crippen molar-refractivity contribution in [1.29, 1.82) is 0 Å². The first-order valence-electron chi connectivity index (χ1n) is 6.56. The van der Waals surface area contributed by atoms with Crippen molar-refractivity contribution in [1.82, 2.24) is 14.8 Å². The number of nitrogens with zero attached hydrogens (tertiary/aromatic N) is 3. The van der Waals surface area contributed by atoms with E-state index in [2.05, 4.69) is 16.8 Å². The van der Waals surface area contributed by atoms with Gasteiger partial charge in [-0.2, -0.15) is 0 Å². The summed E-state index contributed by atoms with van der Waals surface area (Å²) in [7, 11) is 5.36. The molecular formula is C14H23N3O2. The maximum Gasteiger partial charge on any atom is 0.414 e. The molecule has 0 saturated heterocycles. The van der Waals surface area contributed by atoms with Crippen molar-refractivity contribution in [3.63, 3.8) is 0 Å². The Morgan fingerprint density at radius 3 is 2.74 bits per heavy atom. The second-order valence-electron chi connectivity index (χ2n) is 4.80. The molecule has 1 aromatic heterocycles. The zero-order valence-electron chi connectivity index (χ0n) is 12.2. The van der Waals surface area contributed by atoms with Crippen LogP contribution in [0.2, 0.25) is 0 Å². The molecule has 0 fully saturated rings. The van der Waals surface area contributed by atoms with Gasteiger partial charge in [0.25, 0.3) is 0 Å². The summed E-state index contributed by atoms with van der Waals surface area (Å²) in [6, 6.07) is 3.55. The van der Waals surface area contributed by atoms with Gasteiger partial charge in [-0.15, -0.1) is 0 Å². The highest BCUT2D eigenvalue weighted by Crippen LogP contribution is 2.17. The number of carbonyl (C=O) groups is 1. The minimum atomic E-state index is -0.384. The summed E-state index contributed by atoms with van der Waals surface area (Å²) in [5, 5.41) is 0. The molecule has 1 aromatic rings. The van der Waals surface area contributed by atoms with Gasteiger partial charge in [0.15, 0.2) is 5.75 Å². The van der Waals surface area contributed by atoms with E-state index in [-0.39, 0.29) is 6.09 Å². The number of rotatable bonds is 6. The van der Waals surface area contributed by atoms with Crippen LogP contribution in [0.5, 0.6) is 5.75 Å². The first-order chi connectivity index (χ1) is 9.04. The van der Waals surface area contributed by atoms with Crippen LogP contribution >= 0.6 is 0 Å². The molecule has 5 nitrogen and oxygen atoms in total. The Morgan fingerprint density at radius 2 is 2.11 bits per heavy atom. The molecule has 0 spiro atoms. The van der Waals surface area contributed by atoms with E-state index >= 15 is 0 Å². The van der Waals surface area contributed by atoms with E-state index in [4.69, 9.17) is 4.74 Å². The summed E-state index contributed by atoms with van der Waals surface area (Å²) < 4.78 is 5.31. The van der Waals surface area contributed by atoms with Gasteiger partial charge >= 0.3 is 6.09 Å². The third-order valence-corrected chi connectivity index (χ3v) is 2.72. The van der Waals surface area contributed by atoms with Crippen LogP contribution in [0.3, 0.4) is 0 Å². The van der Waals surface area contributed by atoms with Crippen LogP contribution in [0.15, 0.2) is 18.3 Å². The molecule has 106 valence electrons. The molecule has 0 N–H and O–H groups in total. The normalized spacial score (nSPS) is 10.6. The summed E-state index contributed by atoms with van der Waals surface area (Å²) in [4.78, 5) is 19.5. The molecular weight excluding hydrogens is 242 g/mol. The van der Waals surface area contributed by atoms with Gasteiger partial charge in [0.2, 0.25) is 0 Å². The second-order valence-corrected chi connectivity index (χ2v) is 4.80. The van der Waals surface area contributed by atoms with Crippen molar-refractivity contribution >= 4 is 6.09 Å². The quantitative estimate of drug-likeness (QED) is 0.792. The van der Waals surface area contributed by atoms with E-state index in [0.717, 1.165) is 25.1 Å². The lowest BCUT2D eigenvalue weighted by Crippen LogP contribution is -2.26. The molecule has 0 radical (unpaired) electrons. The Hall–Kier alpha value is -1.62. The van der Waals surface area contributed by atoms with Gasteiger partial charge in [0.1, 0.15) is 0 Å². The van der Waals surface area contributed by atoms with Crippen LogP contribution in [0.1, 0.15) is 25.5 Å². The fourth-order valence-electron chi connectivity index (χ4n) is 1.58. The fourth-order valence-corrected chi connectivity index (χ4v) is 1.58. The number of pyridine rings is 1. The van der Waals surface area contributed by atoms with Crippen LogP contribution in [-0.4, -0.2) is 48.6 Å². The van der Waals surface area contributed by atoms with Crippen molar-refractivity contribution in [2.75, 3.05) is 27.7 Å². The Bertz CT molecular complexity index is 407. The van der Waals surface area contributed by atoms with Gasteiger partial charge in [-0.05, 0) is 32.1 Å². The largest absolute Gasteiger partial charge is 0.414 e. The average molecular weight is 265 g/mol. The zero-order valence-corrected chi connectivity index (χ0v) is 12.2. The van der Waals surface area contributed by atoms with E-state index in [1.807, 2.05) is 7.05 Å². The summed E-state index contributed by atoms with van der Waals surface area (Å²) >= 11 is 0. The Labute approximate surface area is 115 Å². The van der Waals surface area contributed by atoms with E-state index in [0.29, 0.717) is 12.3 Å². The molecule has 0 aromatic carbocycles. The second kappa shape index (κ2) is 7.74. The molecule has 1 amide bonds. The fraction of sp³-hybridized carbons (Fsp3) is 0.571. The highest BCUT2D eigenvalue weighted by atomic mass is 16.6. The third-order valence-electron chi connectivity index (χ3n) is 2.72. The van der Waals surface area contributed by atoms with Crippen LogP contribution in [0.25, 0.3) is 0 Å². The first-order valence-corrected chi connectivity index (χ1v) is 6.56. The van der Waals surface area contributed by atoms with Crippen molar-refractivity contribution in [2.24, 2.45) is 0 Å².